The van der Waals surface area contributed by atoms with Crippen LogP contribution in [0.5, 0.6) is 0 Å². The Bertz CT molecular complexity index is 1130. The fraction of sp³-hybridized carbons (Fsp3) is 0.143. The van der Waals surface area contributed by atoms with E-state index in [-0.39, 0.29) is 12.2 Å². The van der Waals surface area contributed by atoms with Gasteiger partial charge >= 0.3 is 0 Å². The number of nitrogens with zero attached hydrogens (tertiary/aromatic N) is 5. The lowest BCUT2D eigenvalue weighted by Gasteiger charge is -2.12. The van der Waals surface area contributed by atoms with Crippen LogP contribution in [0.2, 0.25) is 0 Å². The minimum Gasteiger partial charge on any atom is -0.294 e. The van der Waals surface area contributed by atoms with E-state index in [1.807, 2.05) is 19.1 Å². The summed E-state index contributed by atoms with van der Waals surface area (Å²) in [6, 6.07) is 6.84. The summed E-state index contributed by atoms with van der Waals surface area (Å²) < 4.78 is 15.1. The standard InChI is InChI=1S/C21H16FN5O/c1-13-2-3-16(27-9-13)8-19(28)17-6-14(7-18-21(17)26-5-4-25-18)20(22)15-10-23-12-24-11-15/h2-7,9-12,20H,8H2,1H3. The molecule has 3 heterocycles. The van der Waals surface area contributed by atoms with E-state index in [1.165, 1.54) is 37.2 Å². The molecule has 0 saturated carbocycles. The number of aromatic nitrogens is 5. The zero-order valence-corrected chi connectivity index (χ0v) is 15.1. The van der Waals surface area contributed by atoms with Crippen molar-refractivity contribution < 1.29 is 9.18 Å². The van der Waals surface area contributed by atoms with Crippen LogP contribution in [0.15, 0.2) is 61.6 Å². The van der Waals surface area contributed by atoms with Gasteiger partial charge in [0.2, 0.25) is 0 Å². The third kappa shape index (κ3) is 3.59. The summed E-state index contributed by atoms with van der Waals surface area (Å²) in [5.74, 6) is -0.194. The average molecular weight is 373 g/mol. The largest absolute Gasteiger partial charge is 0.294 e. The number of benzene rings is 1. The molecule has 0 spiro atoms. The third-order valence-corrected chi connectivity index (χ3v) is 4.38. The second-order valence-electron chi connectivity index (χ2n) is 6.45. The van der Waals surface area contributed by atoms with Gasteiger partial charge in [0.05, 0.1) is 17.5 Å². The summed E-state index contributed by atoms with van der Waals surface area (Å²) in [4.78, 5) is 33.5. The number of fused-ring (bicyclic) bond motifs is 1. The normalized spacial score (nSPS) is 12.1. The first-order valence-corrected chi connectivity index (χ1v) is 8.70. The quantitative estimate of drug-likeness (QED) is 0.497. The van der Waals surface area contributed by atoms with Gasteiger partial charge in [0.25, 0.3) is 0 Å². The summed E-state index contributed by atoms with van der Waals surface area (Å²) in [6.45, 7) is 1.93. The van der Waals surface area contributed by atoms with Gasteiger partial charge in [0.15, 0.2) is 12.0 Å². The van der Waals surface area contributed by atoms with Gasteiger partial charge in [-0.15, -0.1) is 0 Å². The van der Waals surface area contributed by atoms with Crippen LogP contribution in [-0.4, -0.2) is 30.7 Å². The number of carbonyl (C=O) groups excluding carboxylic acids is 1. The molecule has 0 amide bonds. The van der Waals surface area contributed by atoms with Crippen molar-refractivity contribution >= 4 is 16.8 Å². The predicted octanol–water partition coefficient (Wildman–Crippen LogP) is 3.61. The second-order valence-corrected chi connectivity index (χ2v) is 6.45. The molecule has 0 aliphatic rings. The van der Waals surface area contributed by atoms with Crippen molar-refractivity contribution in [1.82, 2.24) is 24.9 Å². The smallest absolute Gasteiger partial charge is 0.171 e. The van der Waals surface area contributed by atoms with Gasteiger partial charge in [-0.2, -0.15) is 0 Å². The highest BCUT2D eigenvalue weighted by atomic mass is 19.1. The Hall–Kier alpha value is -3.61. The van der Waals surface area contributed by atoms with E-state index in [2.05, 4.69) is 24.9 Å². The number of carbonyl (C=O) groups is 1. The topological polar surface area (TPSA) is 81.5 Å². The van der Waals surface area contributed by atoms with E-state index in [9.17, 15) is 4.79 Å². The van der Waals surface area contributed by atoms with Crippen molar-refractivity contribution in [1.29, 1.82) is 0 Å². The fourth-order valence-electron chi connectivity index (χ4n) is 2.95. The van der Waals surface area contributed by atoms with Crippen LogP contribution < -0.4 is 0 Å². The first-order chi connectivity index (χ1) is 13.6. The maximum Gasteiger partial charge on any atom is 0.171 e. The van der Waals surface area contributed by atoms with Crippen LogP contribution in [0.25, 0.3) is 11.0 Å². The lowest BCUT2D eigenvalue weighted by molar-refractivity contribution is 0.0993. The van der Waals surface area contributed by atoms with Crippen molar-refractivity contribution in [3.05, 3.63) is 89.5 Å². The number of hydrogen-bond donors (Lipinski definition) is 0. The van der Waals surface area contributed by atoms with Crippen LogP contribution in [0.1, 0.15) is 38.9 Å². The predicted molar refractivity (Wildman–Crippen MR) is 102 cm³/mol. The number of Topliss-reactive ketones (excluding diaryl/α,β-unsaturated/α-hetero) is 1. The Morgan fingerprint density at radius 1 is 1.00 bits per heavy atom. The highest BCUT2D eigenvalue weighted by molar-refractivity contribution is 6.07. The highest BCUT2D eigenvalue weighted by Crippen LogP contribution is 2.29. The van der Waals surface area contributed by atoms with Crippen molar-refractivity contribution in [2.24, 2.45) is 0 Å². The Kier molecular flexibility index (Phi) is 4.80. The second kappa shape index (κ2) is 7.56. The number of pyridine rings is 1. The minimum atomic E-state index is -1.48. The molecule has 4 aromatic rings. The molecule has 0 saturated heterocycles. The maximum absolute atomic E-state index is 15.1. The van der Waals surface area contributed by atoms with Gasteiger partial charge in [-0.3, -0.25) is 19.7 Å². The molecular formula is C21H16FN5O. The van der Waals surface area contributed by atoms with Crippen LogP contribution >= 0.6 is 0 Å². The number of halogens is 1. The molecule has 0 radical (unpaired) electrons. The van der Waals surface area contributed by atoms with E-state index in [0.717, 1.165) is 5.56 Å². The van der Waals surface area contributed by atoms with Gasteiger partial charge in [-0.1, -0.05) is 6.07 Å². The van der Waals surface area contributed by atoms with E-state index in [0.29, 0.717) is 33.4 Å². The Morgan fingerprint density at radius 2 is 1.79 bits per heavy atom. The lowest BCUT2D eigenvalue weighted by Crippen LogP contribution is -2.09. The summed E-state index contributed by atoms with van der Waals surface area (Å²) in [6.07, 6.45) is 7.53. The van der Waals surface area contributed by atoms with E-state index >= 15 is 4.39 Å². The molecule has 6 nitrogen and oxygen atoms in total. The van der Waals surface area contributed by atoms with Crippen molar-refractivity contribution in [3.63, 3.8) is 0 Å². The first-order valence-electron chi connectivity index (χ1n) is 8.70. The number of rotatable bonds is 5. The average Bonchev–Trinajstić information content (AvgIpc) is 2.74. The Labute approximate surface area is 160 Å². The van der Waals surface area contributed by atoms with Crippen LogP contribution in [-0.2, 0) is 6.42 Å². The molecular weight excluding hydrogens is 357 g/mol. The molecule has 0 aliphatic carbocycles. The Morgan fingerprint density at radius 3 is 2.54 bits per heavy atom. The van der Waals surface area contributed by atoms with Gasteiger partial charge in [-0.05, 0) is 36.2 Å². The molecule has 0 fully saturated rings. The molecule has 1 unspecified atom stereocenters. The molecule has 0 N–H and O–H groups in total. The summed E-state index contributed by atoms with van der Waals surface area (Å²) in [5.41, 5.74) is 3.50. The minimum absolute atomic E-state index is 0.0980. The maximum atomic E-state index is 15.1. The lowest BCUT2D eigenvalue weighted by atomic mass is 9.97. The molecule has 138 valence electrons. The third-order valence-electron chi connectivity index (χ3n) is 4.38. The Balaban J connectivity index is 1.76. The van der Waals surface area contributed by atoms with Gasteiger partial charge in [0.1, 0.15) is 6.33 Å². The van der Waals surface area contributed by atoms with Crippen molar-refractivity contribution in [2.45, 2.75) is 19.5 Å². The fourth-order valence-corrected chi connectivity index (χ4v) is 2.95. The van der Waals surface area contributed by atoms with Gasteiger partial charge in [-0.25, -0.2) is 14.4 Å². The monoisotopic (exact) mass is 373 g/mol. The van der Waals surface area contributed by atoms with E-state index in [4.69, 9.17) is 0 Å². The zero-order valence-electron chi connectivity index (χ0n) is 15.1. The molecule has 1 atom stereocenters. The zero-order chi connectivity index (χ0) is 19.5. The van der Waals surface area contributed by atoms with Gasteiger partial charge < -0.3 is 0 Å². The summed E-state index contributed by atoms with van der Waals surface area (Å²) in [7, 11) is 0. The van der Waals surface area contributed by atoms with Crippen LogP contribution in [0, 0.1) is 6.92 Å². The summed E-state index contributed by atoms with van der Waals surface area (Å²) in [5, 5.41) is 0. The van der Waals surface area contributed by atoms with Crippen LogP contribution in [0.3, 0.4) is 0 Å². The molecule has 1 aromatic carbocycles. The number of alkyl halides is 1. The SMILES string of the molecule is Cc1ccc(CC(=O)c2cc(C(F)c3cncnc3)cc3nccnc23)nc1. The number of aryl methyl sites for hydroxylation is 1. The van der Waals surface area contributed by atoms with Crippen molar-refractivity contribution in [3.8, 4) is 0 Å². The molecule has 28 heavy (non-hydrogen) atoms. The van der Waals surface area contributed by atoms with Gasteiger partial charge in [0, 0.05) is 47.8 Å². The summed E-state index contributed by atoms with van der Waals surface area (Å²) >= 11 is 0. The molecule has 0 bridgehead atoms. The molecule has 7 heteroatoms. The highest BCUT2D eigenvalue weighted by Gasteiger charge is 2.20. The van der Waals surface area contributed by atoms with E-state index in [1.54, 1.807) is 12.3 Å². The molecule has 4 rings (SSSR count). The molecule has 3 aromatic heterocycles. The number of ketones is 1. The van der Waals surface area contributed by atoms with Crippen molar-refractivity contribution in [2.75, 3.05) is 0 Å². The molecule has 0 aliphatic heterocycles. The van der Waals surface area contributed by atoms with Crippen LogP contribution in [0.4, 0.5) is 4.39 Å². The first kappa shape index (κ1) is 17.8. The van der Waals surface area contributed by atoms with E-state index < -0.39 is 6.17 Å². The number of hydrogen-bond acceptors (Lipinski definition) is 6.